The summed E-state index contributed by atoms with van der Waals surface area (Å²) < 4.78 is 0. The molecule has 1 rings (SSSR count). The molecule has 0 fully saturated rings. The summed E-state index contributed by atoms with van der Waals surface area (Å²) in [4.78, 5) is 17.4. The van der Waals surface area contributed by atoms with Crippen molar-refractivity contribution in [2.75, 3.05) is 0 Å². The molecule has 1 atom stereocenters. The zero-order valence-electron chi connectivity index (χ0n) is 14.0. The Kier molecular flexibility index (Phi) is 10.2. The molecule has 0 saturated carbocycles. The summed E-state index contributed by atoms with van der Waals surface area (Å²) in [6.07, 6.45) is 15.0. The van der Waals surface area contributed by atoms with Gasteiger partial charge in [0.1, 0.15) is 11.8 Å². The topological polar surface area (TPSA) is 38.7 Å². The van der Waals surface area contributed by atoms with Crippen LogP contribution in [0.3, 0.4) is 0 Å². The van der Waals surface area contributed by atoms with Crippen LogP contribution in [-0.2, 0) is 9.63 Å². The van der Waals surface area contributed by atoms with Crippen molar-refractivity contribution in [3.05, 3.63) is 0 Å². The Hall–Kier alpha value is -0.860. The van der Waals surface area contributed by atoms with E-state index in [1.54, 1.807) is 0 Å². The molecule has 0 aromatic rings. The fourth-order valence-electron chi connectivity index (χ4n) is 2.74. The number of hydrogen-bond donors (Lipinski definition) is 0. The van der Waals surface area contributed by atoms with E-state index in [1.165, 1.54) is 51.4 Å². The number of nitrogens with zero attached hydrogens (tertiary/aromatic N) is 1. The third kappa shape index (κ3) is 8.23. The quantitative estimate of drug-likeness (QED) is 0.425. The third-order valence-corrected chi connectivity index (χ3v) is 4.19. The second-order valence-corrected chi connectivity index (χ2v) is 6.26. The smallest absolute Gasteiger partial charge is 0.180 e. The molecule has 0 aliphatic carbocycles. The molecular formula is C18H33NO2. The summed E-state index contributed by atoms with van der Waals surface area (Å²) in [6.45, 7) is 4.41. The summed E-state index contributed by atoms with van der Waals surface area (Å²) >= 11 is 0. The van der Waals surface area contributed by atoms with Crippen molar-refractivity contribution in [3.63, 3.8) is 0 Å². The molecule has 0 aromatic carbocycles. The van der Waals surface area contributed by atoms with Crippen LogP contribution in [0, 0.1) is 0 Å². The van der Waals surface area contributed by atoms with E-state index in [-0.39, 0.29) is 11.9 Å². The summed E-state index contributed by atoms with van der Waals surface area (Å²) in [5.74, 6) is 0.208. The van der Waals surface area contributed by atoms with Gasteiger partial charge in [-0.25, -0.2) is 0 Å². The van der Waals surface area contributed by atoms with E-state index >= 15 is 0 Å². The van der Waals surface area contributed by atoms with Gasteiger partial charge in [0.15, 0.2) is 5.78 Å². The molecule has 0 aromatic heterocycles. The molecular weight excluding hydrogens is 262 g/mol. The van der Waals surface area contributed by atoms with Gasteiger partial charge in [-0.3, -0.25) is 4.79 Å². The molecule has 1 aliphatic heterocycles. The molecule has 3 heteroatoms. The number of ketones is 1. The predicted molar refractivity (Wildman–Crippen MR) is 88.7 cm³/mol. The van der Waals surface area contributed by atoms with E-state index in [4.69, 9.17) is 4.84 Å². The number of unbranched alkanes of at least 4 members (excludes halogenated alkanes) is 8. The van der Waals surface area contributed by atoms with E-state index in [2.05, 4.69) is 19.0 Å². The maximum Gasteiger partial charge on any atom is 0.180 e. The highest BCUT2D eigenvalue weighted by atomic mass is 16.6. The van der Waals surface area contributed by atoms with Gasteiger partial charge in [-0.1, -0.05) is 70.4 Å². The van der Waals surface area contributed by atoms with Crippen molar-refractivity contribution >= 4 is 11.5 Å². The minimum absolute atomic E-state index is 0.155. The van der Waals surface area contributed by atoms with Gasteiger partial charge >= 0.3 is 0 Å². The predicted octanol–water partition coefficient (Wildman–Crippen LogP) is 5.42. The molecule has 3 nitrogen and oxygen atoms in total. The number of Topliss-reactive ketones (excluding diaryl/α,β-unsaturated/α-hetero) is 1. The minimum atomic E-state index is 0.155. The summed E-state index contributed by atoms with van der Waals surface area (Å²) in [6, 6.07) is 0. The molecule has 0 spiro atoms. The molecule has 0 N–H and O–H groups in total. The van der Waals surface area contributed by atoms with Crippen LogP contribution in [0.2, 0.25) is 0 Å². The summed E-state index contributed by atoms with van der Waals surface area (Å²) in [7, 11) is 0. The Balaban J connectivity index is 1.99. The maximum atomic E-state index is 12.0. The fourth-order valence-corrected chi connectivity index (χ4v) is 2.74. The molecule has 1 unspecified atom stereocenters. The highest BCUT2D eigenvalue weighted by Gasteiger charge is 2.24. The first-order valence-corrected chi connectivity index (χ1v) is 9.03. The second-order valence-electron chi connectivity index (χ2n) is 6.26. The van der Waals surface area contributed by atoms with Gasteiger partial charge in [0.2, 0.25) is 0 Å². The second kappa shape index (κ2) is 11.8. The Bertz CT molecular complexity index is 312. The highest BCUT2D eigenvalue weighted by molar-refractivity contribution is 6.40. The van der Waals surface area contributed by atoms with Crippen LogP contribution < -0.4 is 0 Å². The Morgan fingerprint density at radius 2 is 1.62 bits per heavy atom. The van der Waals surface area contributed by atoms with E-state index in [1.807, 2.05) is 0 Å². The van der Waals surface area contributed by atoms with Crippen molar-refractivity contribution in [1.29, 1.82) is 0 Å². The number of carbonyl (C=O) groups is 1. The van der Waals surface area contributed by atoms with Crippen molar-refractivity contribution in [3.8, 4) is 0 Å². The lowest BCUT2D eigenvalue weighted by Crippen LogP contribution is -2.15. The molecule has 21 heavy (non-hydrogen) atoms. The average molecular weight is 295 g/mol. The Morgan fingerprint density at radius 3 is 2.29 bits per heavy atom. The Morgan fingerprint density at radius 1 is 1.00 bits per heavy atom. The van der Waals surface area contributed by atoms with Crippen molar-refractivity contribution in [1.82, 2.24) is 0 Å². The van der Waals surface area contributed by atoms with E-state index < -0.39 is 0 Å². The van der Waals surface area contributed by atoms with Crippen LogP contribution in [-0.4, -0.2) is 17.6 Å². The molecule has 0 radical (unpaired) electrons. The average Bonchev–Trinajstić information content (AvgIpc) is 2.96. The van der Waals surface area contributed by atoms with Gasteiger partial charge < -0.3 is 4.84 Å². The standard InChI is InChI=1S/C18H33NO2/c1-3-5-7-8-9-10-11-12-14-18(20)17-15-16(21-19-17)13-6-4-2/h16H,3-15H2,1-2H3. The number of hydrogen-bond acceptors (Lipinski definition) is 3. The third-order valence-electron chi connectivity index (χ3n) is 4.19. The van der Waals surface area contributed by atoms with Crippen molar-refractivity contribution in [2.24, 2.45) is 5.16 Å². The van der Waals surface area contributed by atoms with Gasteiger partial charge in [-0.15, -0.1) is 0 Å². The minimum Gasteiger partial charge on any atom is -0.392 e. The molecule has 1 heterocycles. The maximum absolute atomic E-state index is 12.0. The van der Waals surface area contributed by atoms with Crippen LogP contribution in [0.25, 0.3) is 0 Å². The molecule has 0 bridgehead atoms. The van der Waals surface area contributed by atoms with Gasteiger partial charge in [-0.2, -0.15) is 0 Å². The normalized spacial score (nSPS) is 17.6. The molecule has 1 aliphatic rings. The molecule has 122 valence electrons. The van der Waals surface area contributed by atoms with E-state index in [0.717, 1.165) is 25.7 Å². The van der Waals surface area contributed by atoms with E-state index in [0.29, 0.717) is 12.1 Å². The van der Waals surface area contributed by atoms with Crippen LogP contribution in [0.15, 0.2) is 5.16 Å². The van der Waals surface area contributed by atoms with Crippen LogP contribution in [0.5, 0.6) is 0 Å². The lowest BCUT2D eigenvalue weighted by Gasteiger charge is -2.05. The summed E-state index contributed by atoms with van der Waals surface area (Å²) in [5, 5.41) is 3.99. The van der Waals surface area contributed by atoms with Crippen LogP contribution >= 0.6 is 0 Å². The van der Waals surface area contributed by atoms with Crippen LogP contribution in [0.4, 0.5) is 0 Å². The zero-order valence-corrected chi connectivity index (χ0v) is 14.0. The van der Waals surface area contributed by atoms with E-state index in [9.17, 15) is 4.79 Å². The zero-order chi connectivity index (χ0) is 15.3. The molecule has 0 amide bonds. The SMILES string of the molecule is CCCCCCCCCCC(=O)C1=NOC(CCCC)C1. The summed E-state index contributed by atoms with van der Waals surface area (Å²) in [5.41, 5.74) is 0.680. The lowest BCUT2D eigenvalue weighted by molar-refractivity contribution is -0.113. The fraction of sp³-hybridized carbons (Fsp3) is 0.889. The van der Waals surface area contributed by atoms with Crippen LogP contribution in [0.1, 0.15) is 97.3 Å². The Labute approximate surface area is 130 Å². The first-order valence-electron chi connectivity index (χ1n) is 9.03. The number of oxime groups is 1. The number of carbonyl (C=O) groups excluding carboxylic acids is 1. The van der Waals surface area contributed by atoms with Crippen molar-refractivity contribution < 1.29 is 9.63 Å². The monoisotopic (exact) mass is 295 g/mol. The lowest BCUT2D eigenvalue weighted by atomic mass is 10.0. The first-order chi connectivity index (χ1) is 10.3. The largest absolute Gasteiger partial charge is 0.392 e. The van der Waals surface area contributed by atoms with Crippen molar-refractivity contribution in [2.45, 2.75) is 103 Å². The highest BCUT2D eigenvalue weighted by Crippen LogP contribution is 2.18. The first kappa shape index (κ1) is 18.2. The van der Waals surface area contributed by atoms with Gasteiger partial charge in [0, 0.05) is 12.8 Å². The van der Waals surface area contributed by atoms with Gasteiger partial charge in [0.25, 0.3) is 0 Å². The van der Waals surface area contributed by atoms with Gasteiger partial charge in [0.05, 0.1) is 0 Å². The molecule has 0 saturated heterocycles. The number of rotatable bonds is 13. The van der Waals surface area contributed by atoms with Gasteiger partial charge in [-0.05, 0) is 19.3 Å².